The number of hydrogen-bond acceptors (Lipinski definition) is 3. The molecule has 6 rings (SSSR count). The van der Waals surface area contributed by atoms with Gasteiger partial charge >= 0.3 is 5.97 Å². The first kappa shape index (κ1) is 21.4. The number of carboxylic acid groups (broad SMARTS) is 1. The van der Waals surface area contributed by atoms with Gasteiger partial charge in [-0.25, -0.2) is 0 Å². The maximum Gasteiger partial charge on any atom is 0.309 e. The summed E-state index contributed by atoms with van der Waals surface area (Å²) in [4.78, 5) is 24.9. The molecule has 2 N–H and O–H groups in total. The van der Waals surface area contributed by atoms with E-state index in [2.05, 4.69) is 39.8 Å². The molecule has 33 heavy (non-hydrogen) atoms. The van der Waals surface area contributed by atoms with Gasteiger partial charge in [0.15, 0.2) is 5.76 Å². The molecule has 0 aliphatic heterocycles. The molecule has 0 amide bonds. The van der Waals surface area contributed by atoms with Crippen LogP contribution in [0.4, 0.5) is 0 Å². The first-order valence-electron chi connectivity index (χ1n) is 12.7. The minimum absolute atomic E-state index is 0.0267. The third-order valence-electron chi connectivity index (χ3n) is 11.9. The Labute approximate surface area is 196 Å². The lowest BCUT2D eigenvalue weighted by Gasteiger charge is -2.69. The van der Waals surface area contributed by atoms with Gasteiger partial charge in [0.2, 0.25) is 5.78 Å². The Morgan fingerprint density at radius 1 is 1.00 bits per heavy atom. The van der Waals surface area contributed by atoms with Crippen LogP contribution >= 0.6 is 0 Å². The van der Waals surface area contributed by atoms with E-state index >= 15 is 0 Å². The zero-order chi connectivity index (χ0) is 23.8. The summed E-state index contributed by atoms with van der Waals surface area (Å²) >= 11 is 0. The van der Waals surface area contributed by atoms with Crippen LogP contribution in [0.5, 0.6) is 0 Å². The summed E-state index contributed by atoms with van der Waals surface area (Å²) in [5.74, 6) is -0.248. The molecule has 0 heterocycles. The van der Waals surface area contributed by atoms with Crippen molar-refractivity contribution in [1.29, 1.82) is 0 Å². The fourth-order valence-corrected chi connectivity index (χ4v) is 9.46. The molecule has 0 radical (unpaired) electrons. The van der Waals surface area contributed by atoms with E-state index in [0.29, 0.717) is 17.4 Å². The maximum atomic E-state index is 12.6. The topological polar surface area (TPSA) is 74.6 Å². The number of carboxylic acids is 1. The lowest BCUT2D eigenvalue weighted by atomic mass is 9.35. The van der Waals surface area contributed by atoms with Gasteiger partial charge in [0, 0.05) is 11.0 Å². The van der Waals surface area contributed by atoms with E-state index in [1.54, 1.807) is 6.08 Å². The van der Waals surface area contributed by atoms with E-state index < -0.39 is 11.4 Å². The van der Waals surface area contributed by atoms with Gasteiger partial charge in [0.25, 0.3) is 0 Å². The minimum atomic E-state index is -0.580. The molecule has 0 aromatic heterocycles. The van der Waals surface area contributed by atoms with E-state index in [9.17, 15) is 19.8 Å². The Morgan fingerprint density at radius 3 is 2.42 bits per heavy atom. The first-order chi connectivity index (χ1) is 15.3. The number of aliphatic hydroxyl groups is 1. The normalized spacial score (nSPS) is 50.0. The summed E-state index contributed by atoms with van der Waals surface area (Å²) in [6.07, 6.45) is 13.0. The van der Waals surface area contributed by atoms with E-state index in [1.165, 1.54) is 5.57 Å². The Hall–Kier alpha value is -2.10. The molecule has 0 aromatic rings. The van der Waals surface area contributed by atoms with Crippen LogP contribution in [0.25, 0.3) is 0 Å². The van der Waals surface area contributed by atoms with Gasteiger partial charge in [-0.05, 0) is 97.2 Å². The number of carbonyl (C=O) groups is 2. The van der Waals surface area contributed by atoms with Crippen LogP contribution in [-0.2, 0) is 9.59 Å². The molecule has 7 atom stereocenters. The molecule has 4 nitrogen and oxygen atoms in total. The number of fused-ring (bicyclic) bond motifs is 8. The molecule has 0 bridgehead atoms. The lowest BCUT2D eigenvalue weighted by molar-refractivity contribution is -0.167. The second kappa shape index (κ2) is 5.93. The highest BCUT2D eigenvalue weighted by Gasteiger charge is 2.73. The summed E-state index contributed by atoms with van der Waals surface area (Å²) < 4.78 is 0. The van der Waals surface area contributed by atoms with Crippen LogP contribution in [0, 0.1) is 38.9 Å². The van der Waals surface area contributed by atoms with Crippen LogP contribution in [-0.4, -0.2) is 22.0 Å². The molecular weight excluding hydrogens is 412 g/mol. The minimum Gasteiger partial charge on any atom is -0.504 e. The van der Waals surface area contributed by atoms with E-state index in [0.717, 1.165) is 56.1 Å². The SMILES string of the molecule is CC1=C(O)C(=O)C=C2C1=CC=C1[C@@]2(C)CC[C@@]2(C)[C@@H]3C[C@@]4(C(=O)O)CC4C[C@]3(C)CC[C@]12C. The van der Waals surface area contributed by atoms with Crippen molar-refractivity contribution in [3.63, 3.8) is 0 Å². The molecule has 176 valence electrons. The highest BCUT2D eigenvalue weighted by Crippen LogP contribution is 2.79. The fourth-order valence-electron chi connectivity index (χ4n) is 9.46. The van der Waals surface area contributed by atoms with Crippen molar-refractivity contribution >= 4 is 11.8 Å². The zero-order valence-corrected chi connectivity index (χ0v) is 20.5. The quantitative estimate of drug-likeness (QED) is 0.493. The summed E-state index contributed by atoms with van der Waals surface area (Å²) in [5.41, 5.74) is 3.61. The number of aliphatic carboxylic acids is 1. The summed E-state index contributed by atoms with van der Waals surface area (Å²) in [6, 6.07) is 0. The van der Waals surface area contributed by atoms with Crippen LogP contribution in [0.3, 0.4) is 0 Å². The van der Waals surface area contributed by atoms with Crippen molar-refractivity contribution < 1.29 is 19.8 Å². The van der Waals surface area contributed by atoms with Gasteiger partial charge in [-0.15, -0.1) is 0 Å². The highest BCUT2D eigenvalue weighted by atomic mass is 16.4. The average molecular weight is 449 g/mol. The van der Waals surface area contributed by atoms with Crippen LogP contribution in [0.1, 0.15) is 79.6 Å². The Balaban J connectivity index is 1.48. The van der Waals surface area contributed by atoms with E-state index in [1.807, 2.05) is 6.92 Å². The summed E-state index contributed by atoms with van der Waals surface area (Å²) in [5, 5.41) is 20.4. The molecule has 0 spiro atoms. The molecule has 0 saturated heterocycles. The lowest BCUT2D eigenvalue weighted by Crippen LogP contribution is -2.61. The van der Waals surface area contributed by atoms with Gasteiger partial charge in [-0.1, -0.05) is 45.4 Å². The standard InChI is InChI=1S/C29H36O4/c1-16-18-6-7-21-26(3,19(18)12-20(30)23(16)31)9-11-28(5)22-15-29(24(32)33)14-17(29)13-25(22,2)8-10-27(21,28)4/h6-7,12,17,22,31H,8-11,13-15H2,1-5H3,(H,32,33)/t17?,22-,25+,26+,27-,28+,29+/m1/s1. The van der Waals surface area contributed by atoms with Crippen molar-refractivity contribution in [2.75, 3.05) is 0 Å². The monoisotopic (exact) mass is 448 g/mol. The van der Waals surface area contributed by atoms with Crippen LogP contribution < -0.4 is 0 Å². The number of allylic oxidation sites excluding steroid dienone is 7. The number of aliphatic hydroxyl groups excluding tert-OH is 1. The van der Waals surface area contributed by atoms with Crippen molar-refractivity contribution in [2.45, 2.75) is 79.6 Å². The first-order valence-corrected chi connectivity index (χ1v) is 12.7. The molecule has 4 heteroatoms. The number of rotatable bonds is 1. The Kier molecular flexibility index (Phi) is 3.85. The highest BCUT2D eigenvalue weighted by molar-refractivity contribution is 6.06. The molecule has 0 aromatic carbocycles. The van der Waals surface area contributed by atoms with E-state index in [-0.39, 0.29) is 33.2 Å². The van der Waals surface area contributed by atoms with Gasteiger partial charge in [-0.2, -0.15) is 0 Å². The van der Waals surface area contributed by atoms with Gasteiger partial charge in [-0.3, -0.25) is 9.59 Å². The Morgan fingerprint density at radius 2 is 1.73 bits per heavy atom. The number of carbonyl (C=O) groups excluding carboxylic acids is 1. The second-order valence-electron chi connectivity index (χ2n) is 13.1. The van der Waals surface area contributed by atoms with Gasteiger partial charge in [0.05, 0.1) is 5.41 Å². The predicted octanol–water partition coefficient (Wildman–Crippen LogP) is 6.31. The molecule has 1 unspecified atom stereocenters. The van der Waals surface area contributed by atoms with Crippen molar-refractivity contribution in [1.82, 2.24) is 0 Å². The smallest absolute Gasteiger partial charge is 0.309 e. The largest absolute Gasteiger partial charge is 0.504 e. The fraction of sp³-hybridized carbons (Fsp3) is 0.655. The van der Waals surface area contributed by atoms with Gasteiger partial charge in [0.1, 0.15) is 0 Å². The summed E-state index contributed by atoms with van der Waals surface area (Å²) in [7, 11) is 0. The second-order valence-corrected chi connectivity index (χ2v) is 13.1. The number of hydrogen-bond donors (Lipinski definition) is 2. The van der Waals surface area contributed by atoms with E-state index in [4.69, 9.17) is 0 Å². The van der Waals surface area contributed by atoms with Crippen molar-refractivity contribution in [3.05, 3.63) is 46.3 Å². The van der Waals surface area contributed by atoms with Crippen molar-refractivity contribution in [2.24, 2.45) is 38.9 Å². The molecular formula is C29H36O4. The molecule has 6 aliphatic rings. The molecule has 6 aliphatic carbocycles. The summed E-state index contributed by atoms with van der Waals surface area (Å²) in [6.45, 7) is 11.4. The maximum absolute atomic E-state index is 12.6. The molecule has 4 saturated carbocycles. The van der Waals surface area contributed by atoms with Gasteiger partial charge < -0.3 is 10.2 Å². The van der Waals surface area contributed by atoms with Crippen LogP contribution in [0.15, 0.2) is 46.3 Å². The number of ketones is 1. The average Bonchev–Trinajstić information content (AvgIpc) is 3.47. The zero-order valence-electron chi connectivity index (χ0n) is 20.5. The predicted molar refractivity (Wildman–Crippen MR) is 126 cm³/mol. The molecule has 4 fully saturated rings. The van der Waals surface area contributed by atoms with Crippen molar-refractivity contribution in [3.8, 4) is 0 Å². The Bertz CT molecular complexity index is 1150. The third-order valence-corrected chi connectivity index (χ3v) is 11.9. The third kappa shape index (κ3) is 2.29. The van der Waals surface area contributed by atoms with Crippen LogP contribution in [0.2, 0.25) is 0 Å².